The fourth-order valence-electron chi connectivity index (χ4n) is 2.75. The summed E-state index contributed by atoms with van der Waals surface area (Å²) in [4.78, 5) is 0. The average molecular weight is 224 g/mol. The van der Waals surface area contributed by atoms with E-state index in [1.165, 1.54) is 12.1 Å². The van der Waals surface area contributed by atoms with Crippen molar-refractivity contribution in [2.45, 2.75) is 30.9 Å². The van der Waals surface area contributed by atoms with Crippen LogP contribution in [0.3, 0.4) is 0 Å². The number of hydrogen-bond donors (Lipinski definition) is 0. The van der Waals surface area contributed by atoms with Crippen molar-refractivity contribution in [1.29, 1.82) is 0 Å². The van der Waals surface area contributed by atoms with Crippen LogP contribution >= 0.6 is 0 Å². The van der Waals surface area contributed by atoms with Crippen molar-refractivity contribution in [2.75, 3.05) is 0 Å². The molecule has 0 spiro atoms. The number of allylic oxidation sites excluding steroid dienone is 2. The number of alkyl halides is 3. The van der Waals surface area contributed by atoms with Gasteiger partial charge in [0.25, 0.3) is 0 Å². The second kappa shape index (κ2) is 3.12. The van der Waals surface area contributed by atoms with Gasteiger partial charge in [0.1, 0.15) is 0 Å². The highest BCUT2D eigenvalue weighted by atomic mass is 19.4. The van der Waals surface area contributed by atoms with Crippen LogP contribution in [0.25, 0.3) is 0 Å². The molecule has 2 atom stereocenters. The molecule has 16 heavy (non-hydrogen) atoms. The second-order valence-corrected chi connectivity index (χ2v) is 4.52. The minimum atomic E-state index is -4.23. The Kier molecular flexibility index (Phi) is 1.94. The van der Waals surface area contributed by atoms with Crippen LogP contribution in [-0.2, 0) is 6.18 Å². The number of benzene rings is 1. The Hall–Kier alpha value is -1.25. The fourth-order valence-corrected chi connectivity index (χ4v) is 2.75. The van der Waals surface area contributed by atoms with E-state index in [9.17, 15) is 13.2 Å². The largest absolute Gasteiger partial charge is 0.416 e. The lowest BCUT2D eigenvalue weighted by atomic mass is 9.71. The molecule has 0 saturated carbocycles. The molecule has 0 radical (unpaired) electrons. The van der Waals surface area contributed by atoms with Gasteiger partial charge in [0.2, 0.25) is 0 Å². The minimum absolute atomic E-state index is 0.197. The van der Waals surface area contributed by atoms with Crippen LogP contribution in [-0.4, -0.2) is 0 Å². The van der Waals surface area contributed by atoms with Crippen LogP contribution < -0.4 is 0 Å². The Morgan fingerprint density at radius 1 is 0.938 bits per heavy atom. The van der Waals surface area contributed by atoms with Crippen molar-refractivity contribution in [1.82, 2.24) is 0 Å². The molecule has 1 aromatic carbocycles. The molecule has 0 saturated heterocycles. The van der Waals surface area contributed by atoms with Crippen molar-refractivity contribution in [2.24, 2.45) is 0 Å². The van der Waals surface area contributed by atoms with E-state index >= 15 is 0 Å². The number of rotatable bonds is 0. The van der Waals surface area contributed by atoms with E-state index in [-0.39, 0.29) is 5.92 Å². The molecule has 1 aromatic rings. The van der Waals surface area contributed by atoms with Gasteiger partial charge in [-0.25, -0.2) is 0 Å². The van der Waals surface area contributed by atoms with E-state index in [1.54, 1.807) is 6.07 Å². The summed E-state index contributed by atoms with van der Waals surface area (Å²) in [6, 6.07) is 4.18. The first-order chi connectivity index (χ1) is 7.55. The van der Waals surface area contributed by atoms with Crippen molar-refractivity contribution in [3.05, 3.63) is 47.0 Å². The van der Waals surface area contributed by atoms with Crippen LogP contribution in [0.2, 0.25) is 0 Å². The third-order valence-corrected chi connectivity index (χ3v) is 3.58. The van der Waals surface area contributed by atoms with Gasteiger partial charge < -0.3 is 0 Å². The van der Waals surface area contributed by atoms with E-state index < -0.39 is 11.7 Å². The first-order valence-corrected chi connectivity index (χ1v) is 5.45. The second-order valence-electron chi connectivity index (χ2n) is 4.52. The maximum atomic E-state index is 12.6. The summed E-state index contributed by atoms with van der Waals surface area (Å²) in [7, 11) is 0. The topological polar surface area (TPSA) is 0 Å². The summed E-state index contributed by atoms with van der Waals surface area (Å²) >= 11 is 0. The standard InChI is InChI=1S/C13H11F3/c14-13(15,16)10-5-6-11-8-1-3-9(4-2-8)12(11)7-10/h1,3,5-9H,2,4H2. The quantitative estimate of drug-likeness (QED) is 0.578. The molecule has 3 aliphatic carbocycles. The van der Waals surface area contributed by atoms with E-state index in [0.717, 1.165) is 24.0 Å². The SMILES string of the molecule is FC(F)(F)c1ccc2c(c1)C1C=CC2CC1. The van der Waals surface area contributed by atoms with Crippen LogP contribution in [0.4, 0.5) is 13.2 Å². The predicted octanol–water partition coefficient (Wildman–Crippen LogP) is 4.24. The summed E-state index contributed by atoms with van der Waals surface area (Å²) in [5.74, 6) is 0.532. The third kappa shape index (κ3) is 1.38. The molecule has 3 aliphatic rings. The zero-order valence-electron chi connectivity index (χ0n) is 8.59. The van der Waals surface area contributed by atoms with Gasteiger partial charge in [-0.3, -0.25) is 0 Å². The van der Waals surface area contributed by atoms with Crippen molar-refractivity contribution >= 4 is 0 Å². The molecule has 0 aromatic heterocycles. The van der Waals surface area contributed by atoms with E-state index in [2.05, 4.69) is 12.2 Å². The fraction of sp³-hybridized carbons (Fsp3) is 0.385. The lowest BCUT2D eigenvalue weighted by Gasteiger charge is -2.33. The summed E-state index contributed by atoms with van der Waals surface area (Å²) in [6.07, 6.45) is 2.00. The molecular weight excluding hydrogens is 213 g/mol. The molecule has 4 rings (SSSR count). The first kappa shape index (κ1) is 9.94. The first-order valence-electron chi connectivity index (χ1n) is 5.45. The Morgan fingerprint density at radius 3 is 2.12 bits per heavy atom. The highest BCUT2D eigenvalue weighted by molar-refractivity contribution is 5.46. The molecule has 2 unspecified atom stereocenters. The summed E-state index contributed by atoms with van der Waals surface area (Å²) < 4.78 is 37.7. The normalized spacial score (nSPS) is 26.9. The highest BCUT2D eigenvalue weighted by Gasteiger charge is 2.34. The lowest BCUT2D eigenvalue weighted by molar-refractivity contribution is -0.137. The van der Waals surface area contributed by atoms with Crippen LogP contribution in [0, 0.1) is 0 Å². The Bertz CT molecular complexity index is 457. The maximum Gasteiger partial charge on any atom is 0.416 e. The molecule has 84 valence electrons. The molecule has 0 N–H and O–H groups in total. The van der Waals surface area contributed by atoms with Crippen LogP contribution in [0.1, 0.15) is 41.4 Å². The molecule has 0 fully saturated rings. The van der Waals surface area contributed by atoms with Gasteiger partial charge in [0.15, 0.2) is 0 Å². The minimum Gasteiger partial charge on any atom is -0.166 e. The van der Waals surface area contributed by atoms with Gasteiger partial charge >= 0.3 is 6.18 Å². The van der Waals surface area contributed by atoms with E-state index in [1.807, 2.05) is 0 Å². The summed E-state index contributed by atoms with van der Waals surface area (Å²) in [5, 5.41) is 0. The van der Waals surface area contributed by atoms with Crippen molar-refractivity contribution in [3.8, 4) is 0 Å². The van der Waals surface area contributed by atoms with Gasteiger partial charge in [0, 0.05) is 11.8 Å². The zero-order valence-corrected chi connectivity index (χ0v) is 8.59. The van der Waals surface area contributed by atoms with Gasteiger partial charge in [-0.05, 0) is 36.1 Å². The summed E-state index contributed by atoms with van der Waals surface area (Å²) in [5.41, 5.74) is 1.45. The number of fused-ring (bicyclic) bond motifs is 1. The van der Waals surface area contributed by atoms with Gasteiger partial charge in [0.05, 0.1) is 5.56 Å². The van der Waals surface area contributed by atoms with Crippen molar-refractivity contribution in [3.63, 3.8) is 0 Å². The number of hydrogen-bond acceptors (Lipinski definition) is 0. The Balaban J connectivity index is 2.11. The number of halogens is 3. The highest BCUT2D eigenvalue weighted by Crippen LogP contribution is 2.46. The summed E-state index contributed by atoms with van der Waals surface area (Å²) in [6.45, 7) is 0. The predicted molar refractivity (Wildman–Crippen MR) is 55.3 cm³/mol. The zero-order chi connectivity index (χ0) is 11.3. The Labute approximate surface area is 91.8 Å². The monoisotopic (exact) mass is 224 g/mol. The van der Waals surface area contributed by atoms with Crippen LogP contribution in [0.15, 0.2) is 30.4 Å². The maximum absolute atomic E-state index is 12.6. The molecule has 0 aliphatic heterocycles. The van der Waals surface area contributed by atoms with Crippen LogP contribution in [0.5, 0.6) is 0 Å². The molecule has 3 heteroatoms. The molecule has 2 bridgehead atoms. The Morgan fingerprint density at radius 2 is 1.56 bits per heavy atom. The average Bonchev–Trinajstić information content (AvgIpc) is 2.29. The van der Waals surface area contributed by atoms with Gasteiger partial charge in [-0.2, -0.15) is 13.2 Å². The third-order valence-electron chi connectivity index (χ3n) is 3.58. The molecule has 0 nitrogen and oxygen atoms in total. The molecule has 0 amide bonds. The van der Waals surface area contributed by atoms with E-state index in [0.29, 0.717) is 5.92 Å². The van der Waals surface area contributed by atoms with Gasteiger partial charge in [-0.1, -0.05) is 18.2 Å². The van der Waals surface area contributed by atoms with Gasteiger partial charge in [-0.15, -0.1) is 0 Å². The smallest absolute Gasteiger partial charge is 0.166 e. The molecule has 0 heterocycles. The van der Waals surface area contributed by atoms with E-state index in [4.69, 9.17) is 0 Å². The van der Waals surface area contributed by atoms with Crippen molar-refractivity contribution < 1.29 is 13.2 Å². The molecular formula is C13H11F3. The lowest BCUT2D eigenvalue weighted by Crippen LogP contribution is -2.18.